The Kier molecular flexibility index (Phi) is 5.83. The van der Waals surface area contributed by atoms with Crippen molar-refractivity contribution in [1.82, 2.24) is 4.98 Å². The maximum absolute atomic E-state index is 6.15. The van der Waals surface area contributed by atoms with Crippen LogP contribution in [0.15, 0.2) is 73.1 Å². The first-order valence-corrected chi connectivity index (χ1v) is 8.35. The summed E-state index contributed by atoms with van der Waals surface area (Å²) in [6.07, 6.45) is 3.68. The Morgan fingerprint density at radius 3 is 2.54 bits per heavy atom. The highest BCUT2D eigenvalue weighted by atomic mass is 35.5. The van der Waals surface area contributed by atoms with E-state index >= 15 is 0 Å². The number of nitrogens with zero attached hydrogens (tertiary/aromatic N) is 1. The molecule has 0 amide bonds. The molecule has 3 nitrogen and oxygen atoms in total. The minimum atomic E-state index is 0.554. The topological polar surface area (TPSA) is 38.7 Å². The van der Waals surface area contributed by atoms with Crippen LogP contribution in [0.3, 0.4) is 0 Å². The average molecular weight is 340 g/mol. The van der Waals surface area contributed by atoms with Gasteiger partial charge >= 0.3 is 0 Å². The van der Waals surface area contributed by atoms with Gasteiger partial charge in [-0.3, -0.25) is 4.98 Å². The van der Waals surface area contributed by atoms with Gasteiger partial charge in [0.05, 0.1) is 0 Å². The first-order chi connectivity index (χ1) is 11.8. The molecule has 0 spiro atoms. The summed E-state index contributed by atoms with van der Waals surface area (Å²) in [5, 5.41) is 2.95. The molecule has 3 aromatic rings. The van der Waals surface area contributed by atoms with Crippen molar-refractivity contribution < 1.29 is 10.1 Å². The van der Waals surface area contributed by atoms with Gasteiger partial charge in [-0.05, 0) is 29.8 Å². The number of hydrogen-bond donors (Lipinski definition) is 1. The number of aromatic nitrogens is 1. The standard InChI is InChI=1S/C20H19ClN2O/c21-19-8-9-20(24-15-16-5-2-1-3-6-16)18(11-19)14-23-13-17-7-4-10-22-12-17/h1-12,23H,13-15H2/p+1. The number of halogens is 1. The van der Waals surface area contributed by atoms with Gasteiger partial charge in [0.25, 0.3) is 0 Å². The number of nitrogens with two attached hydrogens (primary N) is 1. The predicted octanol–water partition coefficient (Wildman–Crippen LogP) is 3.58. The van der Waals surface area contributed by atoms with Crippen LogP contribution in [-0.4, -0.2) is 4.98 Å². The molecule has 122 valence electrons. The van der Waals surface area contributed by atoms with Crippen molar-refractivity contribution in [2.75, 3.05) is 0 Å². The summed E-state index contributed by atoms with van der Waals surface area (Å²) in [6.45, 7) is 2.23. The number of quaternary nitrogens is 1. The third-order valence-electron chi connectivity index (χ3n) is 3.73. The second kappa shape index (κ2) is 8.48. The minimum Gasteiger partial charge on any atom is -0.488 e. The lowest BCUT2D eigenvalue weighted by Crippen LogP contribution is -2.80. The van der Waals surface area contributed by atoms with Gasteiger partial charge in [-0.25, -0.2) is 0 Å². The van der Waals surface area contributed by atoms with Crippen molar-refractivity contribution in [3.63, 3.8) is 0 Å². The zero-order valence-electron chi connectivity index (χ0n) is 13.4. The van der Waals surface area contributed by atoms with Crippen LogP contribution in [0.2, 0.25) is 5.02 Å². The van der Waals surface area contributed by atoms with Crippen molar-refractivity contribution in [2.45, 2.75) is 19.7 Å². The van der Waals surface area contributed by atoms with E-state index in [0.29, 0.717) is 6.61 Å². The smallest absolute Gasteiger partial charge is 0.128 e. The Bertz CT molecular complexity index is 763. The van der Waals surface area contributed by atoms with Crippen LogP contribution >= 0.6 is 11.6 Å². The van der Waals surface area contributed by atoms with Crippen molar-refractivity contribution in [3.05, 3.63) is 94.8 Å². The lowest BCUT2D eigenvalue weighted by Gasteiger charge is -2.11. The van der Waals surface area contributed by atoms with Gasteiger partial charge in [-0.15, -0.1) is 0 Å². The average Bonchev–Trinajstić information content (AvgIpc) is 2.63. The molecule has 1 aromatic heterocycles. The predicted molar refractivity (Wildman–Crippen MR) is 95.8 cm³/mol. The fourth-order valence-electron chi connectivity index (χ4n) is 2.50. The van der Waals surface area contributed by atoms with Crippen molar-refractivity contribution in [1.29, 1.82) is 0 Å². The van der Waals surface area contributed by atoms with Crippen LogP contribution in [0.25, 0.3) is 0 Å². The maximum Gasteiger partial charge on any atom is 0.128 e. The van der Waals surface area contributed by atoms with Gasteiger partial charge < -0.3 is 10.1 Å². The highest BCUT2D eigenvalue weighted by molar-refractivity contribution is 6.30. The fourth-order valence-corrected chi connectivity index (χ4v) is 2.69. The summed E-state index contributed by atoms with van der Waals surface area (Å²) >= 11 is 6.15. The van der Waals surface area contributed by atoms with Crippen molar-refractivity contribution in [2.24, 2.45) is 0 Å². The summed E-state index contributed by atoms with van der Waals surface area (Å²) in [5.74, 6) is 0.880. The molecule has 0 unspecified atom stereocenters. The number of hydrogen-bond acceptors (Lipinski definition) is 2. The Morgan fingerprint density at radius 2 is 1.75 bits per heavy atom. The lowest BCUT2D eigenvalue weighted by molar-refractivity contribution is -0.686. The molecule has 0 fully saturated rings. The number of pyridine rings is 1. The largest absolute Gasteiger partial charge is 0.488 e. The van der Waals surface area contributed by atoms with Gasteiger partial charge in [0.2, 0.25) is 0 Å². The normalized spacial score (nSPS) is 10.5. The molecular weight excluding hydrogens is 320 g/mol. The van der Waals surface area contributed by atoms with Gasteiger partial charge in [0.15, 0.2) is 0 Å². The van der Waals surface area contributed by atoms with Crippen molar-refractivity contribution in [3.8, 4) is 5.75 Å². The first kappa shape index (κ1) is 16.5. The maximum atomic E-state index is 6.15. The summed E-state index contributed by atoms with van der Waals surface area (Å²) in [4.78, 5) is 4.14. The third-order valence-corrected chi connectivity index (χ3v) is 3.96. The van der Waals surface area contributed by atoms with Gasteiger partial charge in [0, 0.05) is 28.5 Å². The van der Waals surface area contributed by atoms with E-state index in [4.69, 9.17) is 16.3 Å². The second-order valence-electron chi connectivity index (χ2n) is 5.58. The van der Waals surface area contributed by atoms with E-state index < -0.39 is 0 Å². The van der Waals surface area contributed by atoms with Crippen LogP contribution in [0.5, 0.6) is 5.75 Å². The second-order valence-corrected chi connectivity index (χ2v) is 6.02. The molecule has 0 saturated carbocycles. The van der Waals surface area contributed by atoms with E-state index in [0.717, 1.165) is 35.0 Å². The molecule has 0 aliphatic heterocycles. The summed E-state index contributed by atoms with van der Waals surface area (Å²) in [5.41, 5.74) is 3.45. The highest BCUT2D eigenvalue weighted by Crippen LogP contribution is 2.23. The molecule has 2 N–H and O–H groups in total. The van der Waals surface area contributed by atoms with Crippen LogP contribution in [0.1, 0.15) is 16.7 Å². The van der Waals surface area contributed by atoms with E-state index in [9.17, 15) is 0 Å². The molecule has 2 aromatic carbocycles. The van der Waals surface area contributed by atoms with E-state index in [1.165, 1.54) is 5.56 Å². The molecule has 0 aliphatic rings. The molecule has 1 heterocycles. The van der Waals surface area contributed by atoms with Crippen LogP contribution in [-0.2, 0) is 19.7 Å². The first-order valence-electron chi connectivity index (χ1n) is 7.97. The fraction of sp³-hybridized carbons (Fsp3) is 0.150. The monoisotopic (exact) mass is 339 g/mol. The molecule has 0 saturated heterocycles. The van der Waals surface area contributed by atoms with E-state index in [2.05, 4.69) is 28.5 Å². The Balaban J connectivity index is 1.62. The van der Waals surface area contributed by atoms with E-state index in [1.54, 1.807) is 6.20 Å². The van der Waals surface area contributed by atoms with Gasteiger partial charge in [-0.2, -0.15) is 0 Å². The summed E-state index contributed by atoms with van der Waals surface area (Å²) < 4.78 is 5.99. The molecule has 0 atom stereocenters. The molecule has 0 aliphatic carbocycles. The van der Waals surface area contributed by atoms with E-state index in [1.807, 2.05) is 48.7 Å². The zero-order chi connectivity index (χ0) is 16.6. The SMILES string of the molecule is Clc1ccc(OCc2ccccc2)c(C[NH2+]Cc2cccnc2)c1. The number of ether oxygens (including phenoxy) is 1. The minimum absolute atomic E-state index is 0.554. The number of rotatable bonds is 7. The van der Waals surface area contributed by atoms with Crippen LogP contribution in [0.4, 0.5) is 0 Å². The Morgan fingerprint density at radius 1 is 0.917 bits per heavy atom. The quantitative estimate of drug-likeness (QED) is 0.714. The Labute approximate surface area is 147 Å². The summed E-state index contributed by atoms with van der Waals surface area (Å²) in [6, 6.07) is 20.0. The molecule has 3 rings (SSSR count). The highest BCUT2D eigenvalue weighted by Gasteiger charge is 2.07. The zero-order valence-corrected chi connectivity index (χ0v) is 14.1. The van der Waals surface area contributed by atoms with Gasteiger partial charge in [0.1, 0.15) is 25.4 Å². The van der Waals surface area contributed by atoms with Gasteiger partial charge in [-0.1, -0.05) is 48.0 Å². The molecule has 4 heteroatoms. The van der Waals surface area contributed by atoms with E-state index in [-0.39, 0.29) is 0 Å². The number of benzene rings is 2. The lowest BCUT2D eigenvalue weighted by atomic mass is 10.2. The van der Waals surface area contributed by atoms with Crippen LogP contribution < -0.4 is 10.1 Å². The van der Waals surface area contributed by atoms with Crippen LogP contribution in [0, 0.1) is 0 Å². The molecular formula is C20H20ClN2O+. The molecule has 24 heavy (non-hydrogen) atoms. The summed E-state index contributed by atoms with van der Waals surface area (Å²) in [7, 11) is 0. The third kappa shape index (κ3) is 4.82. The Hall–Kier alpha value is -2.36. The molecule has 0 bridgehead atoms. The molecule has 0 radical (unpaired) electrons. The van der Waals surface area contributed by atoms with Crippen molar-refractivity contribution >= 4 is 11.6 Å².